The quantitative estimate of drug-likeness (QED) is 0.303. The van der Waals surface area contributed by atoms with Crippen molar-refractivity contribution in [2.45, 2.75) is 28.7 Å². The van der Waals surface area contributed by atoms with Gasteiger partial charge in [-0.1, -0.05) is 60.7 Å². The summed E-state index contributed by atoms with van der Waals surface area (Å²) in [6.45, 7) is 0. The fourth-order valence-corrected chi connectivity index (χ4v) is 5.13. The summed E-state index contributed by atoms with van der Waals surface area (Å²) in [7, 11) is 0. The molecule has 30 heavy (non-hydrogen) atoms. The zero-order valence-electron chi connectivity index (χ0n) is 16.7. The van der Waals surface area contributed by atoms with E-state index in [0.717, 1.165) is 9.79 Å². The Morgan fingerprint density at radius 1 is 0.733 bits per heavy atom. The van der Waals surface area contributed by atoms with Gasteiger partial charge in [-0.3, -0.25) is 4.79 Å². The minimum Gasteiger partial charge on any atom is -0.392 e. The average Bonchev–Trinajstić information content (AvgIpc) is 2.79. The molecule has 0 aromatic heterocycles. The second kappa shape index (κ2) is 10.2. The highest BCUT2D eigenvalue weighted by atomic mass is 32.2. The number of benzene rings is 4. The molecule has 0 radical (unpaired) electrons. The lowest BCUT2D eigenvalue weighted by atomic mass is 10.1. The fourth-order valence-electron chi connectivity index (χ4n) is 3.35. The Hall–Kier alpha value is -2.27. The van der Waals surface area contributed by atoms with E-state index in [1.807, 2.05) is 24.3 Å². The van der Waals surface area contributed by atoms with Crippen LogP contribution in [0.2, 0.25) is 0 Å². The summed E-state index contributed by atoms with van der Waals surface area (Å²) >= 11 is 3.21. The Balaban J connectivity index is 1.20. The second-order valence-electron chi connectivity index (χ2n) is 7.35. The molecule has 2 nitrogen and oxygen atoms in total. The van der Waals surface area contributed by atoms with Gasteiger partial charge in [0.15, 0.2) is 0 Å². The highest BCUT2D eigenvalue weighted by Gasteiger charge is 2.10. The van der Waals surface area contributed by atoms with Crippen LogP contribution in [-0.2, 0) is 4.79 Å². The normalized spacial score (nSPS) is 12.3. The molecule has 4 heteroatoms. The number of hydrogen-bond donors (Lipinski definition) is 1. The monoisotopic (exact) mass is 432 g/mol. The first kappa shape index (κ1) is 21.0. The van der Waals surface area contributed by atoms with Crippen molar-refractivity contribution in [2.75, 3.05) is 11.5 Å². The largest absolute Gasteiger partial charge is 0.392 e. The number of ketones is 1. The number of aliphatic hydroxyl groups is 1. The summed E-state index contributed by atoms with van der Waals surface area (Å²) in [5, 5.41) is 15.1. The molecule has 1 unspecified atom stereocenters. The second-order valence-corrected chi connectivity index (χ2v) is 9.49. The summed E-state index contributed by atoms with van der Waals surface area (Å²) in [4.78, 5) is 14.5. The van der Waals surface area contributed by atoms with Gasteiger partial charge in [-0.05, 0) is 52.2 Å². The number of fused-ring (bicyclic) bond motifs is 2. The molecule has 0 aliphatic heterocycles. The van der Waals surface area contributed by atoms with Gasteiger partial charge in [0.05, 0.1) is 11.9 Å². The smallest absolute Gasteiger partial charge is 0.143 e. The van der Waals surface area contributed by atoms with E-state index in [-0.39, 0.29) is 5.78 Å². The standard InChI is InChI=1S/C26H24O2S2/c27-23(17-29-25-13-9-19-5-1-3-7-21(19)15-25)11-12-24(28)18-30-26-14-10-20-6-2-4-8-22(20)16-26/h1-10,13-16,23,27H,11-12,17-18H2. The number of carbonyl (C=O) groups is 1. The molecule has 0 fully saturated rings. The molecule has 0 aliphatic carbocycles. The molecule has 0 bridgehead atoms. The van der Waals surface area contributed by atoms with Crippen LogP contribution < -0.4 is 0 Å². The van der Waals surface area contributed by atoms with E-state index in [9.17, 15) is 9.90 Å². The van der Waals surface area contributed by atoms with Crippen molar-refractivity contribution in [3.63, 3.8) is 0 Å². The van der Waals surface area contributed by atoms with Crippen LogP contribution in [0.15, 0.2) is 94.7 Å². The van der Waals surface area contributed by atoms with E-state index >= 15 is 0 Å². The number of hydrogen-bond acceptors (Lipinski definition) is 4. The van der Waals surface area contributed by atoms with Gasteiger partial charge in [-0.2, -0.15) is 0 Å². The zero-order chi connectivity index (χ0) is 20.8. The molecule has 0 aliphatic rings. The van der Waals surface area contributed by atoms with E-state index < -0.39 is 6.10 Å². The molecular formula is C26H24O2S2. The van der Waals surface area contributed by atoms with Crippen molar-refractivity contribution >= 4 is 50.9 Å². The summed E-state index contributed by atoms with van der Waals surface area (Å²) in [6, 6.07) is 29.1. The molecule has 4 aromatic rings. The molecule has 0 saturated heterocycles. The van der Waals surface area contributed by atoms with Crippen LogP contribution in [-0.4, -0.2) is 28.5 Å². The lowest BCUT2D eigenvalue weighted by molar-refractivity contribution is -0.117. The SMILES string of the molecule is O=C(CCC(O)CSc1ccc2ccccc2c1)CSc1ccc2ccccc2c1. The maximum Gasteiger partial charge on any atom is 0.143 e. The van der Waals surface area contributed by atoms with E-state index in [0.29, 0.717) is 24.3 Å². The zero-order valence-corrected chi connectivity index (χ0v) is 18.3. The number of carbonyl (C=O) groups excluding carboxylic acids is 1. The highest BCUT2D eigenvalue weighted by molar-refractivity contribution is 8.00. The van der Waals surface area contributed by atoms with Crippen LogP contribution in [0.4, 0.5) is 0 Å². The Morgan fingerprint density at radius 2 is 1.27 bits per heavy atom. The van der Waals surface area contributed by atoms with E-state index in [1.54, 1.807) is 23.5 Å². The van der Waals surface area contributed by atoms with Crippen molar-refractivity contribution in [1.82, 2.24) is 0 Å². The predicted octanol–water partition coefficient (Wildman–Crippen LogP) is 6.59. The van der Waals surface area contributed by atoms with Crippen molar-refractivity contribution in [3.8, 4) is 0 Å². The molecule has 0 amide bonds. The average molecular weight is 433 g/mol. The van der Waals surface area contributed by atoms with Crippen molar-refractivity contribution in [1.29, 1.82) is 0 Å². The molecule has 0 saturated carbocycles. The van der Waals surface area contributed by atoms with Gasteiger partial charge >= 0.3 is 0 Å². The van der Waals surface area contributed by atoms with Crippen LogP contribution in [0.3, 0.4) is 0 Å². The molecule has 4 rings (SSSR count). The predicted molar refractivity (Wildman–Crippen MR) is 130 cm³/mol. The van der Waals surface area contributed by atoms with Crippen molar-refractivity contribution in [2.24, 2.45) is 0 Å². The summed E-state index contributed by atoms with van der Waals surface area (Å²) < 4.78 is 0. The van der Waals surface area contributed by atoms with E-state index in [2.05, 4.69) is 60.7 Å². The Bertz CT molecular complexity index is 1160. The van der Waals surface area contributed by atoms with Crippen LogP contribution >= 0.6 is 23.5 Å². The van der Waals surface area contributed by atoms with Crippen molar-refractivity contribution < 1.29 is 9.90 Å². The van der Waals surface area contributed by atoms with Crippen LogP contribution in [0.25, 0.3) is 21.5 Å². The van der Waals surface area contributed by atoms with E-state index in [1.165, 1.54) is 21.5 Å². The Labute approximate surface area is 185 Å². The molecule has 152 valence electrons. The number of rotatable bonds is 9. The molecule has 0 spiro atoms. The van der Waals surface area contributed by atoms with Gasteiger partial charge in [0, 0.05) is 22.0 Å². The minimum atomic E-state index is -0.476. The first-order valence-electron chi connectivity index (χ1n) is 10.1. The van der Waals surface area contributed by atoms with Crippen LogP contribution in [0.5, 0.6) is 0 Å². The van der Waals surface area contributed by atoms with Gasteiger partial charge in [-0.25, -0.2) is 0 Å². The lowest BCUT2D eigenvalue weighted by Crippen LogP contribution is -2.13. The number of thioether (sulfide) groups is 2. The summed E-state index contributed by atoms with van der Waals surface area (Å²) in [5.74, 6) is 1.23. The van der Waals surface area contributed by atoms with Crippen LogP contribution in [0.1, 0.15) is 12.8 Å². The van der Waals surface area contributed by atoms with Gasteiger partial charge < -0.3 is 5.11 Å². The van der Waals surface area contributed by atoms with Gasteiger partial charge in [-0.15, -0.1) is 23.5 Å². The van der Waals surface area contributed by atoms with Gasteiger partial charge in [0.2, 0.25) is 0 Å². The third kappa shape index (κ3) is 5.66. The van der Waals surface area contributed by atoms with E-state index in [4.69, 9.17) is 0 Å². The molecule has 1 N–H and O–H groups in total. The van der Waals surface area contributed by atoms with Crippen LogP contribution in [0, 0.1) is 0 Å². The van der Waals surface area contributed by atoms with Crippen molar-refractivity contribution in [3.05, 3.63) is 84.9 Å². The Kier molecular flexibility index (Phi) is 7.11. The maximum atomic E-state index is 12.3. The molecule has 0 heterocycles. The topological polar surface area (TPSA) is 37.3 Å². The maximum absolute atomic E-state index is 12.3. The summed E-state index contributed by atoms with van der Waals surface area (Å²) in [5.41, 5.74) is 0. The summed E-state index contributed by atoms with van der Waals surface area (Å²) in [6.07, 6.45) is 0.452. The third-order valence-corrected chi connectivity index (χ3v) is 7.23. The Morgan fingerprint density at radius 3 is 1.87 bits per heavy atom. The first-order valence-corrected chi connectivity index (χ1v) is 12.1. The third-order valence-electron chi connectivity index (χ3n) is 5.04. The molecule has 4 aromatic carbocycles. The molecule has 1 atom stereocenters. The molecular weight excluding hydrogens is 408 g/mol. The first-order chi connectivity index (χ1) is 14.7. The highest BCUT2D eigenvalue weighted by Crippen LogP contribution is 2.26. The van der Waals surface area contributed by atoms with Gasteiger partial charge in [0.1, 0.15) is 5.78 Å². The lowest BCUT2D eigenvalue weighted by Gasteiger charge is -2.10. The number of aliphatic hydroxyl groups excluding tert-OH is 1. The fraction of sp³-hybridized carbons (Fsp3) is 0.192. The minimum absolute atomic E-state index is 0.183. The van der Waals surface area contributed by atoms with Gasteiger partial charge in [0.25, 0.3) is 0 Å². The number of Topliss-reactive ketones (excluding diaryl/α,β-unsaturated/α-hetero) is 1.